The van der Waals surface area contributed by atoms with Crippen LogP contribution in [0.4, 0.5) is 0 Å². The second-order valence-corrected chi connectivity index (χ2v) is 4.70. The first-order valence-electron chi connectivity index (χ1n) is 5.35. The third-order valence-electron chi connectivity index (χ3n) is 2.87. The Balaban J connectivity index is 2.18. The summed E-state index contributed by atoms with van der Waals surface area (Å²) in [4.78, 5) is 12.7. The van der Waals surface area contributed by atoms with Gasteiger partial charge in [0.2, 0.25) is 0 Å². The number of nitrogens with zero attached hydrogens (tertiary/aromatic N) is 1. The highest BCUT2D eigenvalue weighted by Crippen LogP contribution is 2.22. The van der Waals surface area contributed by atoms with Crippen LogP contribution in [0.5, 0.6) is 0 Å². The summed E-state index contributed by atoms with van der Waals surface area (Å²) in [5, 5.41) is 9.26. The van der Waals surface area contributed by atoms with E-state index in [2.05, 4.69) is 11.5 Å². The maximum absolute atomic E-state index is 10.4. The van der Waals surface area contributed by atoms with E-state index in [0.717, 1.165) is 38.9 Å². The molecular formula is C11H18ClNO2. The number of carbonyl (C=O) groups is 1. The van der Waals surface area contributed by atoms with Gasteiger partial charge in [0.25, 0.3) is 0 Å². The van der Waals surface area contributed by atoms with Crippen molar-refractivity contribution >= 4 is 17.6 Å². The van der Waals surface area contributed by atoms with Crippen LogP contribution >= 0.6 is 11.6 Å². The van der Waals surface area contributed by atoms with Gasteiger partial charge in [-0.15, -0.1) is 0 Å². The minimum atomic E-state index is -0.688. The molecule has 0 aromatic heterocycles. The number of rotatable bonds is 5. The van der Waals surface area contributed by atoms with E-state index in [1.54, 1.807) is 0 Å². The van der Waals surface area contributed by atoms with Gasteiger partial charge >= 0.3 is 5.97 Å². The first-order valence-corrected chi connectivity index (χ1v) is 5.73. The molecule has 0 spiro atoms. The highest BCUT2D eigenvalue weighted by molar-refractivity contribution is 6.29. The molecule has 1 aliphatic rings. The summed E-state index contributed by atoms with van der Waals surface area (Å²) in [5.74, 6) is -0.118. The van der Waals surface area contributed by atoms with E-state index in [9.17, 15) is 4.79 Å². The zero-order valence-corrected chi connectivity index (χ0v) is 9.67. The minimum Gasteiger partial charge on any atom is -0.481 e. The standard InChI is InChI=1S/C11H18ClNO2/c1-9(12)8-13-6-4-10(5-7-13)2-3-11(14)15/h10H,1-8H2,(H,14,15). The predicted octanol–water partition coefficient (Wildman–Crippen LogP) is 2.32. The Morgan fingerprint density at radius 2 is 2.07 bits per heavy atom. The van der Waals surface area contributed by atoms with Gasteiger partial charge in [0, 0.05) is 18.0 Å². The lowest BCUT2D eigenvalue weighted by Crippen LogP contribution is -2.34. The van der Waals surface area contributed by atoms with Crippen LogP contribution in [-0.4, -0.2) is 35.6 Å². The molecule has 4 heteroatoms. The Hall–Kier alpha value is -0.540. The van der Waals surface area contributed by atoms with Crippen molar-refractivity contribution in [2.24, 2.45) is 5.92 Å². The van der Waals surface area contributed by atoms with Gasteiger partial charge in [-0.2, -0.15) is 0 Å². The van der Waals surface area contributed by atoms with Crippen LogP contribution in [0.2, 0.25) is 0 Å². The van der Waals surface area contributed by atoms with E-state index in [-0.39, 0.29) is 0 Å². The molecule has 0 saturated carbocycles. The lowest BCUT2D eigenvalue weighted by atomic mass is 9.92. The Bertz CT molecular complexity index is 235. The van der Waals surface area contributed by atoms with Crippen LogP contribution in [0.15, 0.2) is 11.6 Å². The molecule has 15 heavy (non-hydrogen) atoms. The van der Waals surface area contributed by atoms with Gasteiger partial charge < -0.3 is 5.11 Å². The normalized spacial score (nSPS) is 19.0. The van der Waals surface area contributed by atoms with Crippen molar-refractivity contribution in [2.45, 2.75) is 25.7 Å². The SMILES string of the molecule is C=C(Cl)CN1CCC(CCC(=O)O)CC1. The average Bonchev–Trinajstić information content (AvgIpc) is 2.16. The van der Waals surface area contributed by atoms with E-state index in [1.807, 2.05) is 0 Å². The largest absolute Gasteiger partial charge is 0.481 e. The van der Waals surface area contributed by atoms with Gasteiger partial charge in [0.15, 0.2) is 0 Å². The molecule has 0 atom stereocenters. The fourth-order valence-electron chi connectivity index (χ4n) is 2.00. The molecule has 1 N–H and O–H groups in total. The first-order chi connectivity index (χ1) is 7.08. The van der Waals surface area contributed by atoms with Crippen molar-refractivity contribution in [2.75, 3.05) is 19.6 Å². The lowest BCUT2D eigenvalue weighted by Gasteiger charge is -2.31. The molecule has 0 aromatic rings. The number of hydrogen-bond donors (Lipinski definition) is 1. The van der Waals surface area contributed by atoms with Crippen LogP contribution in [0.25, 0.3) is 0 Å². The molecule has 1 saturated heterocycles. The van der Waals surface area contributed by atoms with Gasteiger partial charge in [-0.25, -0.2) is 0 Å². The molecule has 0 amide bonds. The number of halogens is 1. The summed E-state index contributed by atoms with van der Waals surface area (Å²) in [6.45, 7) is 6.45. The van der Waals surface area contributed by atoms with E-state index in [4.69, 9.17) is 16.7 Å². The van der Waals surface area contributed by atoms with Crippen molar-refractivity contribution in [1.29, 1.82) is 0 Å². The van der Waals surface area contributed by atoms with Crippen molar-refractivity contribution in [3.8, 4) is 0 Å². The summed E-state index contributed by atoms with van der Waals surface area (Å²) in [5.41, 5.74) is 0. The number of aliphatic carboxylic acids is 1. The number of carboxylic acid groups (broad SMARTS) is 1. The van der Waals surface area contributed by atoms with Gasteiger partial charge in [-0.1, -0.05) is 18.2 Å². The number of piperidine rings is 1. The summed E-state index contributed by atoms with van der Waals surface area (Å²) in [6, 6.07) is 0. The number of carboxylic acids is 1. The Labute approximate surface area is 95.7 Å². The smallest absolute Gasteiger partial charge is 0.303 e. The molecular weight excluding hydrogens is 214 g/mol. The zero-order valence-electron chi connectivity index (χ0n) is 8.91. The summed E-state index contributed by atoms with van der Waals surface area (Å²) < 4.78 is 0. The maximum Gasteiger partial charge on any atom is 0.303 e. The Morgan fingerprint density at radius 3 is 2.53 bits per heavy atom. The molecule has 86 valence electrons. The molecule has 0 bridgehead atoms. The average molecular weight is 232 g/mol. The quantitative estimate of drug-likeness (QED) is 0.790. The van der Waals surface area contributed by atoms with Crippen LogP contribution in [0, 0.1) is 5.92 Å². The second kappa shape index (κ2) is 6.13. The van der Waals surface area contributed by atoms with Crippen molar-refractivity contribution < 1.29 is 9.90 Å². The molecule has 1 rings (SSSR count). The van der Waals surface area contributed by atoms with Crippen LogP contribution < -0.4 is 0 Å². The van der Waals surface area contributed by atoms with Gasteiger partial charge in [-0.3, -0.25) is 9.69 Å². The van der Waals surface area contributed by atoms with Crippen molar-refractivity contribution in [1.82, 2.24) is 4.90 Å². The molecule has 0 aromatic carbocycles. The molecule has 0 aliphatic carbocycles. The van der Waals surface area contributed by atoms with E-state index in [0.29, 0.717) is 17.4 Å². The minimum absolute atomic E-state index is 0.298. The zero-order chi connectivity index (χ0) is 11.3. The lowest BCUT2D eigenvalue weighted by molar-refractivity contribution is -0.137. The van der Waals surface area contributed by atoms with E-state index in [1.165, 1.54) is 0 Å². The molecule has 1 aliphatic heterocycles. The number of hydrogen-bond acceptors (Lipinski definition) is 2. The molecule has 1 fully saturated rings. The van der Waals surface area contributed by atoms with Crippen LogP contribution in [0.1, 0.15) is 25.7 Å². The van der Waals surface area contributed by atoms with Crippen LogP contribution in [0.3, 0.4) is 0 Å². The van der Waals surface area contributed by atoms with E-state index >= 15 is 0 Å². The van der Waals surface area contributed by atoms with Crippen LogP contribution in [-0.2, 0) is 4.79 Å². The molecule has 0 unspecified atom stereocenters. The summed E-state index contributed by atoms with van der Waals surface area (Å²) >= 11 is 5.74. The summed E-state index contributed by atoms with van der Waals surface area (Å²) in [7, 11) is 0. The number of likely N-dealkylation sites (tertiary alicyclic amines) is 1. The highest BCUT2D eigenvalue weighted by atomic mass is 35.5. The molecule has 3 nitrogen and oxygen atoms in total. The molecule has 0 radical (unpaired) electrons. The highest BCUT2D eigenvalue weighted by Gasteiger charge is 2.19. The Morgan fingerprint density at radius 1 is 1.47 bits per heavy atom. The fourth-order valence-corrected chi connectivity index (χ4v) is 2.17. The van der Waals surface area contributed by atoms with Gasteiger partial charge in [-0.05, 0) is 38.3 Å². The van der Waals surface area contributed by atoms with E-state index < -0.39 is 5.97 Å². The topological polar surface area (TPSA) is 40.5 Å². The van der Waals surface area contributed by atoms with Gasteiger partial charge in [0.1, 0.15) is 0 Å². The Kier molecular flexibility index (Phi) is 5.12. The summed E-state index contributed by atoms with van der Waals surface area (Å²) in [6.07, 6.45) is 3.27. The first kappa shape index (κ1) is 12.5. The third kappa shape index (κ3) is 5.19. The second-order valence-electron chi connectivity index (χ2n) is 4.17. The predicted molar refractivity (Wildman–Crippen MR) is 61.0 cm³/mol. The molecule has 1 heterocycles. The fraction of sp³-hybridized carbons (Fsp3) is 0.727. The monoisotopic (exact) mass is 231 g/mol. The van der Waals surface area contributed by atoms with Crippen molar-refractivity contribution in [3.63, 3.8) is 0 Å². The van der Waals surface area contributed by atoms with Gasteiger partial charge in [0.05, 0.1) is 0 Å². The van der Waals surface area contributed by atoms with Crippen molar-refractivity contribution in [3.05, 3.63) is 11.6 Å². The third-order valence-corrected chi connectivity index (χ3v) is 2.99. The maximum atomic E-state index is 10.4.